The Morgan fingerprint density at radius 3 is 2.38 bits per heavy atom. The first-order chi connectivity index (χ1) is 10.2. The van der Waals surface area contributed by atoms with Crippen molar-refractivity contribution in [1.29, 1.82) is 0 Å². The Balaban J connectivity index is 1.59. The molecule has 1 aromatic rings. The molecular formula is C16H23N3OS. The largest absolute Gasteiger partial charge is 0.397 e. The summed E-state index contributed by atoms with van der Waals surface area (Å²) in [5.41, 5.74) is 8.29. The maximum Gasteiger partial charge on any atom is 0.263 e. The number of hydrogen-bond acceptors (Lipinski definition) is 4. The number of carbonyl (C=O) groups excluding carboxylic acids is 1. The van der Waals surface area contributed by atoms with Gasteiger partial charge in [0.2, 0.25) is 0 Å². The number of amides is 1. The molecule has 5 heteroatoms. The molecule has 3 aliphatic rings. The maximum absolute atomic E-state index is 12.4. The molecule has 1 amide bonds. The quantitative estimate of drug-likeness (QED) is 0.780. The summed E-state index contributed by atoms with van der Waals surface area (Å²) in [6, 6.07) is 0.953. The second-order valence-corrected chi connectivity index (χ2v) is 7.76. The third kappa shape index (κ3) is 2.76. The highest BCUT2D eigenvalue weighted by molar-refractivity contribution is 7.18. The molecule has 3 aliphatic carbocycles. The van der Waals surface area contributed by atoms with Crippen molar-refractivity contribution in [2.45, 2.75) is 69.4 Å². The number of nitrogens with two attached hydrogens (primary N) is 1. The standard InChI is InChI=1S/C16H23N3OS/c17-13-12(9-5-6-9)16(19-10-3-1-2-4-10)21-14(13)15(20)18-11-7-8-11/h9-11,19H,1-8,17H2,(H,18,20). The van der Waals surface area contributed by atoms with Crippen molar-refractivity contribution >= 4 is 27.9 Å². The Bertz CT molecular complexity index is 554. The summed E-state index contributed by atoms with van der Waals surface area (Å²) in [6.07, 6.45) is 9.75. The van der Waals surface area contributed by atoms with Crippen LogP contribution in [-0.2, 0) is 0 Å². The van der Waals surface area contributed by atoms with Gasteiger partial charge in [0, 0.05) is 17.6 Å². The molecule has 114 valence electrons. The van der Waals surface area contributed by atoms with Crippen LogP contribution < -0.4 is 16.4 Å². The van der Waals surface area contributed by atoms with Gasteiger partial charge in [-0.1, -0.05) is 12.8 Å². The van der Waals surface area contributed by atoms with Crippen molar-refractivity contribution in [3.05, 3.63) is 10.4 Å². The van der Waals surface area contributed by atoms with Crippen LogP contribution in [0.4, 0.5) is 10.7 Å². The topological polar surface area (TPSA) is 67.2 Å². The number of carbonyl (C=O) groups is 1. The van der Waals surface area contributed by atoms with Crippen LogP contribution in [0.25, 0.3) is 0 Å². The number of nitrogens with one attached hydrogen (secondary N) is 2. The molecule has 0 spiro atoms. The lowest BCUT2D eigenvalue weighted by molar-refractivity contribution is 0.0956. The fourth-order valence-corrected chi connectivity index (χ4v) is 4.43. The summed E-state index contributed by atoms with van der Waals surface area (Å²) >= 11 is 1.57. The van der Waals surface area contributed by atoms with Crippen molar-refractivity contribution in [2.75, 3.05) is 11.1 Å². The molecule has 4 N–H and O–H groups in total. The smallest absolute Gasteiger partial charge is 0.263 e. The average molecular weight is 305 g/mol. The second-order valence-electron chi connectivity index (χ2n) is 6.74. The molecule has 0 saturated heterocycles. The van der Waals surface area contributed by atoms with Gasteiger partial charge in [0.1, 0.15) is 4.88 Å². The van der Waals surface area contributed by atoms with E-state index in [0.29, 0.717) is 18.0 Å². The van der Waals surface area contributed by atoms with Gasteiger partial charge in [0.05, 0.1) is 10.7 Å². The Hall–Kier alpha value is -1.23. The summed E-state index contributed by atoms with van der Waals surface area (Å²) in [6.45, 7) is 0. The first-order valence-corrected chi connectivity index (χ1v) is 9.03. The highest BCUT2D eigenvalue weighted by Crippen LogP contribution is 2.51. The van der Waals surface area contributed by atoms with E-state index in [-0.39, 0.29) is 5.91 Å². The van der Waals surface area contributed by atoms with E-state index in [1.165, 1.54) is 49.1 Å². The molecule has 1 aromatic heterocycles. The Labute approximate surface area is 129 Å². The predicted molar refractivity (Wildman–Crippen MR) is 87.1 cm³/mol. The Morgan fingerprint density at radius 2 is 1.76 bits per heavy atom. The maximum atomic E-state index is 12.4. The zero-order valence-corrected chi connectivity index (χ0v) is 13.1. The van der Waals surface area contributed by atoms with Crippen LogP contribution in [0, 0.1) is 0 Å². The number of hydrogen-bond donors (Lipinski definition) is 3. The molecule has 0 aliphatic heterocycles. The third-order valence-electron chi connectivity index (χ3n) is 4.78. The van der Waals surface area contributed by atoms with Crippen molar-refractivity contribution in [3.63, 3.8) is 0 Å². The number of thiophene rings is 1. The van der Waals surface area contributed by atoms with Crippen molar-refractivity contribution < 1.29 is 4.79 Å². The number of anilines is 2. The molecule has 0 radical (unpaired) electrons. The molecule has 0 unspecified atom stereocenters. The van der Waals surface area contributed by atoms with Gasteiger partial charge in [-0.05, 0) is 44.4 Å². The molecule has 3 fully saturated rings. The molecule has 0 atom stereocenters. The minimum absolute atomic E-state index is 0.0290. The molecule has 21 heavy (non-hydrogen) atoms. The van der Waals surface area contributed by atoms with Gasteiger partial charge < -0.3 is 16.4 Å². The summed E-state index contributed by atoms with van der Waals surface area (Å²) in [4.78, 5) is 13.1. The molecular weight excluding hydrogens is 282 g/mol. The number of rotatable bonds is 5. The highest BCUT2D eigenvalue weighted by Gasteiger charge is 2.34. The zero-order chi connectivity index (χ0) is 14.4. The SMILES string of the molecule is Nc1c(C(=O)NC2CC2)sc(NC2CCCC2)c1C1CC1. The monoisotopic (exact) mass is 305 g/mol. The Kier molecular flexibility index (Phi) is 3.32. The van der Waals surface area contributed by atoms with E-state index in [1.54, 1.807) is 11.3 Å². The van der Waals surface area contributed by atoms with Crippen LogP contribution in [0.15, 0.2) is 0 Å². The lowest BCUT2D eigenvalue weighted by atomic mass is 10.1. The molecule has 4 nitrogen and oxygen atoms in total. The van der Waals surface area contributed by atoms with Gasteiger partial charge in [-0.15, -0.1) is 11.3 Å². The fraction of sp³-hybridized carbons (Fsp3) is 0.688. The summed E-state index contributed by atoms with van der Waals surface area (Å²) in [7, 11) is 0. The molecule has 0 aromatic carbocycles. The lowest BCUT2D eigenvalue weighted by Crippen LogP contribution is -2.25. The summed E-state index contributed by atoms with van der Waals surface area (Å²) in [5.74, 6) is 0.606. The van der Waals surface area contributed by atoms with E-state index in [4.69, 9.17) is 5.73 Å². The van der Waals surface area contributed by atoms with Crippen molar-refractivity contribution in [1.82, 2.24) is 5.32 Å². The fourth-order valence-electron chi connectivity index (χ4n) is 3.24. The van der Waals surface area contributed by atoms with Gasteiger partial charge in [-0.2, -0.15) is 0 Å². The molecule has 4 rings (SSSR count). The van der Waals surface area contributed by atoms with E-state index < -0.39 is 0 Å². The second kappa shape index (κ2) is 5.20. The highest BCUT2D eigenvalue weighted by atomic mass is 32.1. The van der Waals surface area contributed by atoms with E-state index in [1.807, 2.05) is 0 Å². The van der Waals surface area contributed by atoms with E-state index >= 15 is 0 Å². The molecule has 0 bridgehead atoms. The lowest BCUT2D eigenvalue weighted by Gasteiger charge is -2.13. The van der Waals surface area contributed by atoms with Gasteiger partial charge in [-0.25, -0.2) is 0 Å². The van der Waals surface area contributed by atoms with Gasteiger partial charge in [-0.3, -0.25) is 4.79 Å². The van der Waals surface area contributed by atoms with Gasteiger partial charge >= 0.3 is 0 Å². The zero-order valence-electron chi connectivity index (χ0n) is 12.3. The van der Waals surface area contributed by atoms with Crippen LogP contribution in [0.2, 0.25) is 0 Å². The van der Waals surface area contributed by atoms with Crippen LogP contribution in [0.1, 0.15) is 72.5 Å². The van der Waals surface area contributed by atoms with E-state index in [0.717, 1.165) is 23.4 Å². The predicted octanol–water partition coefficient (Wildman–Crippen LogP) is 3.45. The van der Waals surface area contributed by atoms with Crippen LogP contribution in [-0.4, -0.2) is 18.0 Å². The van der Waals surface area contributed by atoms with Gasteiger partial charge in [0.25, 0.3) is 5.91 Å². The van der Waals surface area contributed by atoms with Crippen molar-refractivity contribution in [2.24, 2.45) is 0 Å². The summed E-state index contributed by atoms with van der Waals surface area (Å²) < 4.78 is 0. The van der Waals surface area contributed by atoms with Crippen LogP contribution in [0.3, 0.4) is 0 Å². The molecule has 1 heterocycles. The number of nitrogen functional groups attached to an aromatic ring is 1. The van der Waals surface area contributed by atoms with Crippen LogP contribution >= 0.6 is 11.3 Å². The Morgan fingerprint density at radius 1 is 1.05 bits per heavy atom. The van der Waals surface area contributed by atoms with Crippen molar-refractivity contribution in [3.8, 4) is 0 Å². The molecule has 3 saturated carbocycles. The van der Waals surface area contributed by atoms with E-state index in [2.05, 4.69) is 10.6 Å². The first kappa shape index (κ1) is 13.4. The van der Waals surface area contributed by atoms with E-state index in [9.17, 15) is 4.79 Å². The minimum Gasteiger partial charge on any atom is -0.397 e. The third-order valence-corrected chi connectivity index (χ3v) is 5.93. The normalized spacial score (nSPS) is 22.5. The van der Waals surface area contributed by atoms with Gasteiger partial charge in [0.15, 0.2) is 0 Å². The minimum atomic E-state index is 0.0290. The first-order valence-electron chi connectivity index (χ1n) is 8.22. The van der Waals surface area contributed by atoms with Crippen LogP contribution in [0.5, 0.6) is 0 Å². The summed E-state index contributed by atoms with van der Waals surface area (Å²) in [5, 5.41) is 7.91. The average Bonchev–Trinajstić information content (AvgIpc) is 3.37.